The van der Waals surface area contributed by atoms with Crippen molar-refractivity contribution in [2.24, 2.45) is 7.05 Å². The highest BCUT2D eigenvalue weighted by Crippen LogP contribution is 2.30. The van der Waals surface area contributed by atoms with E-state index in [1.807, 2.05) is 20.9 Å². The molecule has 3 rings (SSSR count). The number of aryl methyl sites for hydroxylation is 2. The van der Waals surface area contributed by atoms with Crippen LogP contribution in [-0.2, 0) is 13.6 Å². The van der Waals surface area contributed by atoms with Gasteiger partial charge in [0.1, 0.15) is 0 Å². The van der Waals surface area contributed by atoms with Gasteiger partial charge in [0.05, 0.1) is 5.69 Å². The SMILES string of the molecule is Cc1nn(C)c(C)c1CN(C(=O)c1ccn(C(F)F)n1)C1CC1. The van der Waals surface area contributed by atoms with Gasteiger partial charge in [0, 0.05) is 37.1 Å². The van der Waals surface area contributed by atoms with Gasteiger partial charge < -0.3 is 4.90 Å². The minimum Gasteiger partial charge on any atom is -0.330 e. The zero-order valence-electron chi connectivity index (χ0n) is 13.3. The maximum Gasteiger partial charge on any atom is 0.333 e. The molecule has 0 spiro atoms. The van der Waals surface area contributed by atoms with Gasteiger partial charge in [-0.1, -0.05) is 0 Å². The summed E-state index contributed by atoms with van der Waals surface area (Å²) in [6.45, 7) is 1.55. The van der Waals surface area contributed by atoms with Crippen molar-refractivity contribution in [1.82, 2.24) is 24.5 Å². The highest BCUT2D eigenvalue weighted by molar-refractivity contribution is 5.92. The van der Waals surface area contributed by atoms with E-state index in [-0.39, 0.29) is 17.6 Å². The molecular weight excluding hydrogens is 304 g/mol. The second-order valence-electron chi connectivity index (χ2n) is 5.90. The van der Waals surface area contributed by atoms with Crippen LogP contribution >= 0.6 is 0 Å². The Morgan fingerprint density at radius 3 is 2.57 bits per heavy atom. The van der Waals surface area contributed by atoms with Gasteiger partial charge in [-0.3, -0.25) is 9.48 Å². The van der Waals surface area contributed by atoms with Crippen LogP contribution in [0.5, 0.6) is 0 Å². The molecule has 2 aromatic heterocycles. The third kappa shape index (κ3) is 2.97. The Kier molecular flexibility index (Phi) is 3.91. The van der Waals surface area contributed by atoms with Crippen molar-refractivity contribution in [3.8, 4) is 0 Å². The highest BCUT2D eigenvalue weighted by atomic mass is 19.3. The largest absolute Gasteiger partial charge is 0.333 e. The predicted octanol–water partition coefficient (Wildman–Crippen LogP) is 2.43. The fraction of sp³-hybridized carbons (Fsp3) is 0.533. The summed E-state index contributed by atoms with van der Waals surface area (Å²) in [5.41, 5.74) is 2.93. The van der Waals surface area contributed by atoms with Gasteiger partial charge in [-0.25, -0.2) is 4.68 Å². The maximum atomic E-state index is 12.7. The fourth-order valence-electron chi connectivity index (χ4n) is 2.68. The molecule has 0 saturated heterocycles. The molecule has 2 heterocycles. The molecule has 6 nitrogen and oxygen atoms in total. The summed E-state index contributed by atoms with van der Waals surface area (Å²) in [7, 11) is 1.86. The lowest BCUT2D eigenvalue weighted by Gasteiger charge is -2.21. The summed E-state index contributed by atoms with van der Waals surface area (Å²) in [5, 5.41) is 8.05. The third-order valence-electron chi connectivity index (χ3n) is 4.26. The lowest BCUT2D eigenvalue weighted by molar-refractivity contribution is 0.0549. The molecule has 0 aromatic carbocycles. The standard InChI is InChI=1S/C15H19F2N5O/c1-9-12(10(2)20(3)18-9)8-21(11-4-5-11)14(23)13-6-7-22(19-13)15(16)17/h6-7,11,15H,4-5,8H2,1-3H3. The van der Waals surface area contributed by atoms with Gasteiger partial charge in [0.15, 0.2) is 5.69 Å². The van der Waals surface area contributed by atoms with Crippen LogP contribution in [0.1, 0.15) is 46.8 Å². The molecule has 1 amide bonds. The average molecular weight is 323 g/mol. The van der Waals surface area contributed by atoms with E-state index < -0.39 is 6.55 Å². The number of nitrogens with zero attached hydrogens (tertiary/aromatic N) is 5. The van der Waals surface area contributed by atoms with Crippen LogP contribution in [0, 0.1) is 13.8 Å². The van der Waals surface area contributed by atoms with Gasteiger partial charge in [-0.05, 0) is 32.8 Å². The highest BCUT2D eigenvalue weighted by Gasteiger charge is 2.35. The summed E-state index contributed by atoms with van der Waals surface area (Å²) in [5.74, 6) is -0.311. The number of amides is 1. The van der Waals surface area contributed by atoms with E-state index in [1.165, 1.54) is 6.07 Å². The third-order valence-corrected chi connectivity index (χ3v) is 4.26. The molecule has 1 aliphatic rings. The first kappa shape index (κ1) is 15.6. The quantitative estimate of drug-likeness (QED) is 0.849. The fourth-order valence-corrected chi connectivity index (χ4v) is 2.68. The monoisotopic (exact) mass is 323 g/mol. The average Bonchev–Trinajstić information content (AvgIpc) is 3.15. The molecule has 1 fully saturated rings. The first-order chi connectivity index (χ1) is 10.9. The summed E-state index contributed by atoms with van der Waals surface area (Å²) in [6.07, 6.45) is 2.99. The van der Waals surface area contributed by atoms with Crippen LogP contribution in [0.25, 0.3) is 0 Å². The Bertz CT molecular complexity index is 732. The van der Waals surface area contributed by atoms with Crippen LogP contribution in [0.15, 0.2) is 12.3 Å². The molecule has 0 N–H and O–H groups in total. The first-order valence-electron chi connectivity index (χ1n) is 7.52. The second-order valence-corrected chi connectivity index (χ2v) is 5.90. The number of halogens is 2. The van der Waals surface area contributed by atoms with Crippen molar-refractivity contribution in [1.29, 1.82) is 0 Å². The lowest BCUT2D eigenvalue weighted by Crippen LogP contribution is -2.33. The van der Waals surface area contributed by atoms with Gasteiger partial charge >= 0.3 is 6.55 Å². The van der Waals surface area contributed by atoms with E-state index in [2.05, 4.69) is 10.2 Å². The topological polar surface area (TPSA) is 56.0 Å². The number of rotatable bonds is 5. The molecule has 2 aromatic rings. The second kappa shape index (κ2) is 5.75. The van der Waals surface area contributed by atoms with Crippen molar-refractivity contribution in [3.63, 3.8) is 0 Å². The van der Waals surface area contributed by atoms with Crippen molar-refractivity contribution < 1.29 is 13.6 Å². The molecule has 124 valence electrons. The molecule has 0 bridgehead atoms. The number of aromatic nitrogens is 4. The van der Waals surface area contributed by atoms with Gasteiger partial charge in [-0.15, -0.1) is 0 Å². The molecule has 0 atom stereocenters. The Hall–Kier alpha value is -2.25. The van der Waals surface area contributed by atoms with Gasteiger partial charge in [0.25, 0.3) is 5.91 Å². The molecule has 0 aliphatic heterocycles. The van der Waals surface area contributed by atoms with E-state index in [0.717, 1.165) is 36.0 Å². The molecule has 1 saturated carbocycles. The minimum atomic E-state index is -2.74. The zero-order valence-corrected chi connectivity index (χ0v) is 13.3. The summed E-state index contributed by atoms with van der Waals surface area (Å²) < 4.78 is 27.6. The van der Waals surface area contributed by atoms with E-state index in [1.54, 1.807) is 9.58 Å². The lowest BCUT2D eigenvalue weighted by atomic mass is 10.1. The van der Waals surface area contributed by atoms with E-state index in [9.17, 15) is 13.6 Å². The van der Waals surface area contributed by atoms with E-state index in [0.29, 0.717) is 11.2 Å². The molecule has 8 heteroatoms. The first-order valence-corrected chi connectivity index (χ1v) is 7.52. The Labute approximate surface area is 132 Å². The van der Waals surface area contributed by atoms with Crippen LogP contribution in [-0.4, -0.2) is 36.4 Å². The van der Waals surface area contributed by atoms with Gasteiger partial charge in [0.2, 0.25) is 0 Å². The number of hydrogen-bond acceptors (Lipinski definition) is 3. The van der Waals surface area contributed by atoms with E-state index in [4.69, 9.17) is 0 Å². The van der Waals surface area contributed by atoms with Crippen LogP contribution in [0.2, 0.25) is 0 Å². The molecule has 0 unspecified atom stereocenters. The predicted molar refractivity (Wildman–Crippen MR) is 79.1 cm³/mol. The molecule has 23 heavy (non-hydrogen) atoms. The molecular formula is C15H19F2N5O. The van der Waals surface area contributed by atoms with Crippen molar-refractivity contribution in [3.05, 3.63) is 34.9 Å². The van der Waals surface area contributed by atoms with Crippen molar-refractivity contribution in [2.75, 3.05) is 0 Å². The summed E-state index contributed by atoms with van der Waals surface area (Å²) in [6, 6.07) is 1.49. The number of carbonyl (C=O) groups is 1. The van der Waals surface area contributed by atoms with Crippen LogP contribution in [0.4, 0.5) is 8.78 Å². The normalized spacial score (nSPS) is 14.5. The Balaban J connectivity index is 1.85. The molecule has 1 aliphatic carbocycles. The number of alkyl halides is 2. The summed E-state index contributed by atoms with van der Waals surface area (Å²) >= 11 is 0. The Morgan fingerprint density at radius 2 is 2.09 bits per heavy atom. The maximum absolute atomic E-state index is 12.7. The van der Waals surface area contributed by atoms with Crippen molar-refractivity contribution >= 4 is 5.91 Å². The summed E-state index contributed by atoms with van der Waals surface area (Å²) in [4.78, 5) is 14.4. The smallest absolute Gasteiger partial charge is 0.330 e. The van der Waals surface area contributed by atoms with Gasteiger partial charge in [-0.2, -0.15) is 19.0 Å². The molecule has 0 radical (unpaired) electrons. The number of carbonyl (C=O) groups excluding carboxylic acids is 1. The number of hydrogen-bond donors (Lipinski definition) is 0. The van der Waals surface area contributed by atoms with E-state index >= 15 is 0 Å². The zero-order chi connectivity index (χ0) is 16.7. The van der Waals surface area contributed by atoms with Crippen LogP contribution in [0.3, 0.4) is 0 Å². The van der Waals surface area contributed by atoms with Crippen molar-refractivity contribution in [2.45, 2.75) is 45.8 Å². The van der Waals surface area contributed by atoms with Crippen LogP contribution < -0.4 is 0 Å². The Morgan fingerprint density at radius 1 is 1.39 bits per heavy atom. The minimum absolute atomic E-state index is 0.0522.